The van der Waals surface area contributed by atoms with Gasteiger partial charge in [0.25, 0.3) is 0 Å². The van der Waals surface area contributed by atoms with E-state index in [2.05, 4.69) is 15.8 Å². The Labute approximate surface area is 216 Å². The smallest absolute Gasteiger partial charge is 0.248 e. The summed E-state index contributed by atoms with van der Waals surface area (Å²) >= 11 is 6.52. The Kier molecular flexibility index (Phi) is 8.53. The molecule has 36 heavy (non-hydrogen) atoms. The van der Waals surface area contributed by atoms with Gasteiger partial charge < -0.3 is 15.2 Å². The molecule has 3 aromatic rings. The number of carbonyl (C=O) groups excluding carboxylic acids is 3. The number of rotatable bonds is 8. The molecule has 0 aliphatic heterocycles. The average Bonchev–Trinajstić information content (AvgIpc) is 3.19. The van der Waals surface area contributed by atoms with Crippen molar-refractivity contribution in [2.45, 2.75) is 59.0 Å². The number of aryl methyl sites for hydroxylation is 2. The van der Waals surface area contributed by atoms with Gasteiger partial charge in [0.2, 0.25) is 17.7 Å². The summed E-state index contributed by atoms with van der Waals surface area (Å²) in [4.78, 5) is 41.2. The van der Waals surface area contributed by atoms with Crippen molar-refractivity contribution in [1.29, 1.82) is 0 Å². The molecule has 0 aliphatic rings. The summed E-state index contributed by atoms with van der Waals surface area (Å²) in [6.07, 6.45) is -0.246. The summed E-state index contributed by atoms with van der Waals surface area (Å²) in [6, 6.07) is 14.8. The van der Waals surface area contributed by atoms with E-state index in [9.17, 15) is 14.4 Å². The van der Waals surface area contributed by atoms with E-state index in [1.165, 1.54) is 4.90 Å². The van der Waals surface area contributed by atoms with Gasteiger partial charge in [-0.25, -0.2) is 0 Å². The number of nitrogens with zero attached hydrogens (tertiary/aromatic N) is 2. The van der Waals surface area contributed by atoms with Crippen LogP contribution in [0, 0.1) is 13.8 Å². The first-order chi connectivity index (χ1) is 16.9. The molecular weight excluding hydrogens is 480 g/mol. The van der Waals surface area contributed by atoms with Gasteiger partial charge in [0.05, 0.1) is 0 Å². The number of aromatic nitrogens is 1. The van der Waals surface area contributed by atoms with Crippen molar-refractivity contribution in [2.75, 3.05) is 10.2 Å². The summed E-state index contributed by atoms with van der Waals surface area (Å²) in [6.45, 7) is 9.21. The number of amides is 3. The molecule has 2 aromatic carbocycles. The third-order valence-electron chi connectivity index (χ3n) is 5.21. The van der Waals surface area contributed by atoms with Crippen molar-refractivity contribution in [3.63, 3.8) is 0 Å². The molecule has 8 nitrogen and oxygen atoms in total. The highest BCUT2D eigenvalue weighted by Gasteiger charge is 2.35. The van der Waals surface area contributed by atoms with Gasteiger partial charge >= 0.3 is 0 Å². The standard InChI is InChI=1S/C27H31ClN4O4/c1-17-9-8-10-19(15-17)32(24(34)14-13-23(33)29-22-16-18(2)36-31-22)25(26(35)30-27(3,4)5)20-11-6-7-12-21(20)28/h6-12,15-16,25H,13-14H2,1-5H3,(H,30,35)(H,29,31,33)/t25-/m1/s1. The second-order valence-corrected chi connectivity index (χ2v) is 10.0. The molecule has 9 heteroatoms. The molecule has 1 atom stereocenters. The molecule has 0 bridgehead atoms. The van der Waals surface area contributed by atoms with E-state index in [0.717, 1.165) is 5.56 Å². The quantitative estimate of drug-likeness (QED) is 0.425. The minimum atomic E-state index is -1.05. The first-order valence-corrected chi connectivity index (χ1v) is 12.0. The number of benzene rings is 2. The Hall–Kier alpha value is -3.65. The molecule has 2 N–H and O–H groups in total. The predicted octanol–water partition coefficient (Wildman–Crippen LogP) is 5.35. The number of hydrogen-bond donors (Lipinski definition) is 2. The number of halogens is 1. The summed E-state index contributed by atoms with van der Waals surface area (Å²) in [5.74, 6) is -0.346. The number of hydrogen-bond acceptors (Lipinski definition) is 5. The zero-order valence-electron chi connectivity index (χ0n) is 21.1. The van der Waals surface area contributed by atoms with Crippen LogP contribution in [-0.4, -0.2) is 28.4 Å². The van der Waals surface area contributed by atoms with Gasteiger partial charge in [0.15, 0.2) is 5.82 Å². The third-order valence-corrected chi connectivity index (χ3v) is 5.56. The van der Waals surface area contributed by atoms with E-state index in [0.29, 0.717) is 22.0 Å². The fraction of sp³-hybridized carbons (Fsp3) is 0.333. The van der Waals surface area contributed by atoms with Gasteiger partial charge in [-0.15, -0.1) is 0 Å². The van der Waals surface area contributed by atoms with Crippen LogP contribution in [0.5, 0.6) is 0 Å². The highest BCUT2D eigenvalue weighted by atomic mass is 35.5. The molecule has 1 heterocycles. The Morgan fingerprint density at radius 2 is 1.75 bits per heavy atom. The summed E-state index contributed by atoms with van der Waals surface area (Å²) in [7, 11) is 0. The van der Waals surface area contributed by atoms with Gasteiger partial charge in [-0.3, -0.25) is 19.3 Å². The van der Waals surface area contributed by atoms with Gasteiger partial charge in [-0.05, 0) is 58.4 Å². The van der Waals surface area contributed by atoms with E-state index in [1.54, 1.807) is 43.3 Å². The van der Waals surface area contributed by atoms with E-state index >= 15 is 0 Å². The Morgan fingerprint density at radius 1 is 1.03 bits per heavy atom. The molecule has 3 rings (SSSR count). The monoisotopic (exact) mass is 510 g/mol. The molecule has 0 spiro atoms. The van der Waals surface area contributed by atoms with Crippen molar-refractivity contribution >= 4 is 40.8 Å². The SMILES string of the molecule is Cc1cccc(N(C(=O)CCC(=O)Nc2cc(C)on2)[C@@H](C(=O)NC(C)(C)C)c2ccccc2Cl)c1. The van der Waals surface area contributed by atoms with Crippen LogP contribution in [0.25, 0.3) is 0 Å². The number of nitrogens with one attached hydrogen (secondary N) is 2. The topological polar surface area (TPSA) is 105 Å². The van der Waals surface area contributed by atoms with Crippen LogP contribution >= 0.6 is 11.6 Å². The van der Waals surface area contributed by atoms with Crippen LogP contribution in [0.4, 0.5) is 11.5 Å². The average molecular weight is 511 g/mol. The normalized spacial score (nSPS) is 12.1. The molecule has 3 amide bonds. The summed E-state index contributed by atoms with van der Waals surface area (Å²) < 4.78 is 4.96. The predicted molar refractivity (Wildman–Crippen MR) is 140 cm³/mol. The Morgan fingerprint density at radius 3 is 2.36 bits per heavy atom. The fourth-order valence-corrected chi connectivity index (χ4v) is 3.96. The lowest BCUT2D eigenvalue weighted by Crippen LogP contribution is -2.49. The first-order valence-electron chi connectivity index (χ1n) is 11.6. The van der Waals surface area contributed by atoms with Gasteiger partial charge in [0, 0.05) is 40.7 Å². The third kappa shape index (κ3) is 7.18. The van der Waals surface area contributed by atoms with Gasteiger partial charge in [0.1, 0.15) is 11.8 Å². The Bertz CT molecular complexity index is 1250. The largest absolute Gasteiger partial charge is 0.360 e. The highest BCUT2D eigenvalue weighted by Crippen LogP contribution is 2.33. The van der Waals surface area contributed by atoms with E-state index in [-0.39, 0.29) is 24.6 Å². The van der Waals surface area contributed by atoms with E-state index in [4.69, 9.17) is 16.1 Å². The van der Waals surface area contributed by atoms with Crippen LogP contribution < -0.4 is 15.5 Å². The van der Waals surface area contributed by atoms with Crippen molar-refractivity contribution in [3.05, 3.63) is 76.5 Å². The lowest BCUT2D eigenvalue weighted by atomic mass is 9.99. The molecular formula is C27H31ClN4O4. The minimum Gasteiger partial charge on any atom is -0.360 e. The molecule has 0 radical (unpaired) electrons. The zero-order valence-corrected chi connectivity index (χ0v) is 21.8. The van der Waals surface area contributed by atoms with Crippen molar-refractivity contribution in [1.82, 2.24) is 10.5 Å². The first kappa shape index (κ1) is 26.9. The van der Waals surface area contributed by atoms with Crippen molar-refractivity contribution in [2.24, 2.45) is 0 Å². The zero-order chi connectivity index (χ0) is 26.5. The molecule has 0 saturated heterocycles. The molecule has 190 valence electrons. The lowest BCUT2D eigenvalue weighted by molar-refractivity contribution is -0.128. The molecule has 0 unspecified atom stereocenters. The van der Waals surface area contributed by atoms with Gasteiger partial charge in [-0.1, -0.05) is 47.1 Å². The van der Waals surface area contributed by atoms with Crippen LogP contribution in [0.15, 0.2) is 59.1 Å². The van der Waals surface area contributed by atoms with E-state index < -0.39 is 23.4 Å². The second-order valence-electron chi connectivity index (χ2n) is 9.64. The molecule has 1 aromatic heterocycles. The number of carbonyl (C=O) groups is 3. The molecule has 0 saturated carbocycles. The van der Waals surface area contributed by atoms with Gasteiger partial charge in [-0.2, -0.15) is 0 Å². The number of anilines is 2. The van der Waals surface area contributed by atoms with Crippen LogP contribution in [-0.2, 0) is 14.4 Å². The van der Waals surface area contributed by atoms with Crippen LogP contribution in [0.3, 0.4) is 0 Å². The summed E-state index contributed by atoms with van der Waals surface area (Å²) in [5.41, 5.74) is 1.38. The van der Waals surface area contributed by atoms with Crippen molar-refractivity contribution < 1.29 is 18.9 Å². The molecule has 0 aliphatic carbocycles. The Balaban J connectivity index is 1.97. The molecule has 0 fully saturated rings. The lowest BCUT2D eigenvalue weighted by Gasteiger charge is -2.34. The maximum atomic E-state index is 13.7. The summed E-state index contributed by atoms with van der Waals surface area (Å²) in [5, 5.41) is 9.69. The van der Waals surface area contributed by atoms with Crippen molar-refractivity contribution in [3.8, 4) is 0 Å². The van der Waals surface area contributed by atoms with E-state index in [1.807, 2.05) is 45.9 Å². The highest BCUT2D eigenvalue weighted by molar-refractivity contribution is 6.31. The van der Waals surface area contributed by atoms with Crippen LogP contribution in [0.2, 0.25) is 5.02 Å². The maximum absolute atomic E-state index is 13.7. The maximum Gasteiger partial charge on any atom is 0.248 e. The van der Waals surface area contributed by atoms with Crippen LogP contribution in [0.1, 0.15) is 56.5 Å². The fourth-order valence-electron chi connectivity index (χ4n) is 3.72. The second kappa shape index (κ2) is 11.4. The minimum absolute atomic E-state index is 0.108.